The fourth-order valence-electron chi connectivity index (χ4n) is 3.56. The van der Waals surface area contributed by atoms with E-state index in [0.29, 0.717) is 19.0 Å². The third kappa shape index (κ3) is 3.92. The van der Waals surface area contributed by atoms with Crippen molar-refractivity contribution in [3.63, 3.8) is 0 Å². The molecule has 1 amide bonds. The van der Waals surface area contributed by atoms with Crippen LogP contribution in [0, 0.1) is 12.7 Å². The number of fused-ring (bicyclic) bond motifs is 1. The minimum Gasteiger partial charge on any atom is -0.342 e. The lowest BCUT2D eigenvalue weighted by Gasteiger charge is -2.30. The molecule has 0 unspecified atom stereocenters. The molecule has 1 aliphatic heterocycles. The lowest BCUT2D eigenvalue weighted by atomic mass is 9.96. The van der Waals surface area contributed by atoms with Crippen LogP contribution in [-0.4, -0.2) is 33.9 Å². The van der Waals surface area contributed by atoms with Crippen molar-refractivity contribution in [3.05, 3.63) is 71.3 Å². The van der Waals surface area contributed by atoms with E-state index in [1.807, 2.05) is 11.0 Å². The molecule has 5 heteroatoms. The first-order valence-electron chi connectivity index (χ1n) is 9.27. The number of amides is 1. The van der Waals surface area contributed by atoms with Crippen molar-refractivity contribution < 1.29 is 9.18 Å². The zero-order valence-electron chi connectivity index (χ0n) is 15.3. The Morgan fingerprint density at radius 3 is 2.67 bits per heavy atom. The van der Waals surface area contributed by atoms with E-state index < -0.39 is 0 Å². The second-order valence-electron chi connectivity index (χ2n) is 7.13. The second kappa shape index (κ2) is 7.35. The van der Waals surface area contributed by atoms with E-state index in [9.17, 15) is 9.18 Å². The van der Waals surface area contributed by atoms with Crippen LogP contribution in [0.1, 0.15) is 35.7 Å². The molecule has 3 aromatic rings. The summed E-state index contributed by atoms with van der Waals surface area (Å²) >= 11 is 0. The van der Waals surface area contributed by atoms with Gasteiger partial charge in [0.05, 0.1) is 11.0 Å². The van der Waals surface area contributed by atoms with E-state index in [1.165, 1.54) is 17.7 Å². The maximum atomic E-state index is 12.9. The average molecular weight is 363 g/mol. The van der Waals surface area contributed by atoms with Crippen LogP contribution in [-0.2, 0) is 4.79 Å². The number of halogens is 1. The van der Waals surface area contributed by atoms with E-state index in [0.717, 1.165) is 35.3 Å². The number of carbonyl (C=O) groups excluding carboxylic acids is 1. The molecule has 0 bridgehead atoms. The summed E-state index contributed by atoms with van der Waals surface area (Å²) in [6, 6.07) is 12.3. The van der Waals surface area contributed by atoms with E-state index in [2.05, 4.69) is 24.0 Å². The first-order valence-corrected chi connectivity index (χ1v) is 9.27. The number of likely N-dealkylation sites (tertiary alicyclic amines) is 1. The van der Waals surface area contributed by atoms with E-state index >= 15 is 0 Å². The molecule has 1 fully saturated rings. The van der Waals surface area contributed by atoms with Gasteiger partial charge in [-0.05, 0) is 61.2 Å². The number of nitrogens with zero attached hydrogens (tertiary/aromatic N) is 2. The SMILES string of the molecule is Cc1ccc2nc(C3CCN(C(=O)/C=C/c4ccc(F)cc4)CC3)[nH]c2c1. The van der Waals surface area contributed by atoms with Crippen LogP contribution in [0.25, 0.3) is 17.1 Å². The Labute approximate surface area is 157 Å². The zero-order valence-corrected chi connectivity index (χ0v) is 15.3. The monoisotopic (exact) mass is 363 g/mol. The summed E-state index contributed by atoms with van der Waals surface area (Å²) < 4.78 is 12.9. The molecular weight excluding hydrogens is 341 g/mol. The first kappa shape index (κ1) is 17.5. The van der Waals surface area contributed by atoms with Crippen LogP contribution in [0.4, 0.5) is 4.39 Å². The van der Waals surface area contributed by atoms with Gasteiger partial charge in [0, 0.05) is 25.1 Å². The van der Waals surface area contributed by atoms with Crippen molar-refractivity contribution in [1.29, 1.82) is 0 Å². The highest BCUT2D eigenvalue weighted by Crippen LogP contribution is 2.28. The number of imidazole rings is 1. The molecule has 0 radical (unpaired) electrons. The fourth-order valence-corrected chi connectivity index (χ4v) is 3.56. The minimum absolute atomic E-state index is 0.00185. The molecule has 2 aromatic carbocycles. The van der Waals surface area contributed by atoms with Gasteiger partial charge in [0.1, 0.15) is 11.6 Å². The van der Waals surface area contributed by atoms with E-state index in [4.69, 9.17) is 4.98 Å². The summed E-state index contributed by atoms with van der Waals surface area (Å²) in [4.78, 5) is 22.4. The number of carbonyl (C=O) groups is 1. The molecule has 0 atom stereocenters. The highest BCUT2D eigenvalue weighted by molar-refractivity contribution is 5.91. The second-order valence-corrected chi connectivity index (χ2v) is 7.13. The third-order valence-corrected chi connectivity index (χ3v) is 5.14. The third-order valence-electron chi connectivity index (χ3n) is 5.14. The number of H-pyrrole nitrogens is 1. The van der Waals surface area contributed by atoms with Gasteiger partial charge in [-0.2, -0.15) is 0 Å². The van der Waals surface area contributed by atoms with Crippen molar-refractivity contribution in [1.82, 2.24) is 14.9 Å². The van der Waals surface area contributed by atoms with Gasteiger partial charge < -0.3 is 9.88 Å². The van der Waals surface area contributed by atoms with E-state index in [-0.39, 0.29) is 11.7 Å². The zero-order chi connectivity index (χ0) is 18.8. The first-order chi connectivity index (χ1) is 13.1. The van der Waals surface area contributed by atoms with Crippen molar-refractivity contribution in [3.8, 4) is 0 Å². The smallest absolute Gasteiger partial charge is 0.246 e. The van der Waals surface area contributed by atoms with Gasteiger partial charge in [-0.3, -0.25) is 4.79 Å². The molecule has 1 aliphatic rings. The number of piperidine rings is 1. The fraction of sp³-hybridized carbons (Fsp3) is 0.273. The van der Waals surface area contributed by atoms with Gasteiger partial charge in [0.15, 0.2) is 0 Å². The molecule has 2 heterocycles. The molecule has 1 N–H and O–H groups in total. The summed E-state index contributed by atoms with van der Waals surface area (Å²) in [7, 11) is 0. The largest absolute Gasteiger partial charge is 0.342 e. The predicted molar refractivity (Wildman–Crippen MR) is 105 cm³/mol. The summed E-state index contributed by atoms with van der Waals surface area (Å²) in [5, 5.41) is 0. The van der Waals surface area contributed by atoms with Crippen LogP contribution < -0.4 is 0 Å². The molecule has 0 spiro atoms. The predicted octanol–water partition coefficient (Wildman–Crippen LogP) is 4.43. The average Bonchev–Trinajstić information content (AvgIpc) is 3.10. The molecule has 27 heavy (non-hydrogen) atoms. The molecule has 1 aromatic heterocycles. The molecule has 0 saturated carbocycles. The molecular formula is C22H22FN3O. The van der Waals surface area contributed by atoms with Gasteiger partial charge in [-0.1, -0.05) is 18.2 Å². The minimum atomic E-state index is -0.277. The van der Waals surface area contributed by atoms with Gasteiger partial charge in [0.25, 0.3) is 0 Å². The highest BCUT2D eigenvalue weighted by atomic mass is 19.1. The molecule has 4 rings (SSSR count). The number of hydrogen-bond acceptors (Lipinski definition) is 2. The number of aromatic nitrogens is 2. The summed E-state index contributed by atoms with van der Waals surface area (Å²) in [5.41, 5.74) is 4.10. The van der Waals surface area contributed by atoms with Crippen LogP contribution in [0.15, 0.2) is 48.5 Å². The highest BCUT2D eigenvalue weighted by Gasteiger charge is 2.24. The van der Waals surface area contributed by atoms with Crippen molar-refractivity contribution in [2.24, 2.45) is 0 Å². The molecule has 1 saturated heterocycles. The molecule has 4 nitrogen and oxygen atoms in total. The number of nitrogens with one attached hydrogen (secondary N) is 1. The number of aryl methyl sites for hydroxylation is 1. The van der Waals surface area contributed by atoms with Crippen molar-refractivity contribution >= 4 is 23.0 Å². The lowest BCUT2D eigenvalue weighted by molar-refractivity contribution is -0.127. The van der Waals surface area contributed by atoms with E-state index in [1.54, 1.807) is 24.3 Å². The number of aromatic amines is 1. The Kier molecular flexibility index (Phi) is 4.75. The standard InChI is InChI=1S/C22H22FN3O/c1-15-2-8-19-20(14-15)25-22(24-19)17-10-12-26(13-11-17)21(27)9-5-16-3-6-18(23)7-4-16/h2-9,14,17H,10-13H2,1H3,(H,24,25)/b9-5+. The van der Waals surface area contributed by atoms with Crippen LogP contribution in [0.3, 0.4) is 0 Å². The number of benzene rings is 2. The summed E-state index contributed by atoms with van der Waals surface area (Å²) in [6.07, 6.45) is 5.09. The Morgan fingerprint density at radius 1 is 1.19 bits per heavy atom. The van der Waals surface area contributed by atoms with Gasteiger partial charge >= 0.3 is 0 Å². The van der Waals surface area contributed by atoms with Crippen LogP contribution in [0.2, 0.25) is 0 Å². The normalized spacial score (nSPS) is 15.7. The Balaban J connectivity index is 1.37. The van der Waals surface area contributed by atoms with Crippen LogP contribution >= 0.6 is 0 Å². The maximum absolute atomic E-state index is 12.9. The number of rotatable bonds is 3. The summed E-state index contributed by atoms with van der Waals surface area (Å²) in [5.74, 6) is 1.09. The summed E-state index contributed by atoms with van der Waals surface area (Å²) in [6.45, 7) is 3.50. The number of hydrogen-bond donors (Lipinski definition) is 1. The van der Waals surface area contributed by atoms with Crippen LogP contribution in [0.5, 0.6) is 0 Å². The van der Waals surface area contributed by atoms with Crippen molar-refractivity contribution in [2.45, 2.75) is 25.7 Å². The Morgan fingerprint density at radius 2 is 1.93 bits per heavy atom. The van der Waals surface area contributed by atoms with Crippen molar-refractivity contribution in [2.75, 3.05) is 13.1 Å². The lowest BCUT2D eigenvalue weighted by Crippen LogP contribution is -2.37. The Hall–Kier alpha value is -2.95. The quantitative estimate of drug-likeness (QED) is 0.700. The van der Waals surface area contributed by atoms with Gasteiger partial charge in [-0.25, -0.2) is 9.37 Å². The Bertz CT molecular complexity index is 982. The van der Waals surface area contributed by atoms with Gasteiger partial charge in [-0.15, -0.1) is 0 Å². The van der Waals surface area contributed by atoms with Gasteiger partial charge in [0.2, 0.25) is 5.91 Å². The molecule has 138 valence electrons. The maximum Gasteiger partial charge on any atom is 0.246 e. The molecule has 0 aliphatic carbocycles. The topological polar surface area (TPSA) is 49.0 Å².